The molecule has 1 aliphatic carbocycles. The lowest BCUT2D eigenvalue weighted by Gasteiger charge is -2.25. The van der Waals surface area contributed by atoms with Crippen LogP contribution in [0.5, 0.6) is 0 Å². The van der Waals surface area contributed by atoms with Crippen molar-refractivity contribution in [3.05, 3.63) is 0 Å². The highest BCUT2D eigenvalue weighted by atomic mass is 35.5. The Morgan fingerprint density at radius 1 is 1.33 bits per heavy atom. The standard InChI is InChI=1S/C6H13ClN2/c7-5-3-1-2-4-6(5)9-8/h5-6,9H,1-4,8H2/t5-,6-/m1/s1. The van der Waals surface area contributed by atoms with E-state index in [1.165, 1.54) is 12.8 Å². The molecule has 2 atom stereocenters. The molecule has 0 aliphatic heterocycles. The van der Waals surface area contributed by atoms with Crippen LogP contribution in [-0.2, 0) is 0 Å². The van der Waals surface area contributed by atoms with Crippen molar-refractivity contribution in [2.24, 2.45) is 5.84 Å². The number of hydrogen-bond donors (Lipinski definition) is 2. The molecule has 1 rings (SSSR count). The zero-order valence-corrected chi connectivity index (χ0v) is 6.19. The summed E-state index contributed by atoms with van der Waals surface area (Å²) in [5.74, 6) is 5.26. The third-order valence-corrected chi connectivity index (χ3v) is 2.42. The molecule has 0 saturated heterocycles. The second-order valence-corrected chi connectivity index (χ2v) is 3.13. The van der Waals surface area contributed by atoms with Gasteiger partial charge in [0.05, 0.1) is 5.38 Å². The van der Waals surface area contributed by atoms with Crippen molar-refractivity contribution in [2.45, 2.75) is 37.1 Å². The van der Waals surface area contributed by atoms with Crippen LogP contribution in [0.25, 0.3) is 0 Å². The minimum atomic E-state index is 0.253. The minimum Gasteiger partial charge on any atom is -0.271 e. The van der Waals surface area contributed by atoms with Gasteiger partial charge in [-0.1, -0.05) is 12.8 Å². The summed E-state index contributed by atoms with van der Waals surface area (Å²) in [6.07, 6.45) is 4.76. The quantitative estimate of drug-likeness (QED) is 0.331. The Kier molecular flexibility index (Phi) is 2.76. The van der Waals surface area contributed by atoms with E-state index in [0.717, 1.165) is 12.8 Å². The smallest absolute Gasteiger partial charge is 0.0502 e. The van der Waals surface area contributed by atoms with E-state index >= 15 is 0 Å². The molecule has 0 aromatic heterocycles. The molecule has 0 unspecified atom stereocenters. The first kappa shape index (κ1) is 7.32. The van der Waals surface area contributed by atoms with Crippen LogP contribution >= 0.6 is 11.6 Å². The van der Waals surface area contributed by atoms with Crippen molar-refractivity contribution in [2.75, 3.05) is 0 Å². The Hall–Kier alpha value is 0.210. The van der Waals surface area contributed by atoms with Gasteiger partial charge in [-0.05, 0) is 12.8 Å². The zero-order chi connectivity index (χ0) is 6.69. The van der Waals surface area contributed by atoms with Gasteiger partial charge >= 0.3 is 0 Å². The van der Waals surface area contributed by atoms with Crippen molar-refractivity contribution in [3.8, 4) is 0 Å². The first-order valence-electron chi connectivity index (χ1n) is 3.45. The van der Waals surface area contributed by atoms with E-state index < -0.39 is 0 Å². The van der Waals surface area contributed by atoms with E-state index in [9.17, 15) is 0 Å². The Balaban J connectivity index is 2.30. The van der Waals surface area contributed by atoms with Gasteiger partial charge in [-0.25, -0.2) is 0 Å². The Bertz CT molecular complexity index is 87.1. The van der Waals surface area contributed by atoms with Gasteiger partial charge < -0.3 is 0 Å². The molecule has 0 aromatic rings. The molecular weight excluding hydrogens is 136 g/mol. The predicted molar refractivity (Wildman–Crippen MR) is 39.2 cm³/mol. The topological polar surface area (TPSA) is 38.0 Å². The van der Waals surface area contributed by atoms with Crippen LogP contribution < -0.4 is 11.3 Å². The molecule has 1 aliphatic rings. The van der Waals surface area contributed by atoms with Crippen molar-refractivity contribution < 1.29 is 0 Å². The number of rotatable bonds is 1. The Labute approximate surface area is 60.7 Å². The number of nitrogens with two attached hydrogens (primary N) is 1. The fourth-order valence-corrected chi connectivity index (χ4v) is 1.63. The van der Waals surface area contributed by atoms with Gasteiger partial charge in [-0.15, -0.1) is 11.6 Å². The SMILES string of the molecule is NN[C@@H]1CCCC[C@H]1Cl. The molecule has 9 heavy (non-hydrogen) atoms. The molecule has 1 fully saturated rings. The summed E-state index contributed by atoms with van der Waals surface area (Å²) in [6, 6.07) is 0.348. The first-order chi connectivity index (χ1) is 4.34. The number of halogens is 1. The van der Waals surface area contributed by atoms with Gasteiger partial charge in [0, 0.05) is 6.04 Å². The van der Waals surface area contributed by atoms with E-state index in [4.69, 9.17) is 17.4 Å². The largest absolute Gasteiger partial charge is 0.271 e. The Morgan fingerprint density at radius 2 is 2.00 bits per heavy atom. The lowest BCUT2D eigenvalue weighted by Crippen LogP contribution is -2.43. The normalized spacial score (nSPS) is 36.7. The molecule has 0 heterocycles. The summed E-state index contributed by atoms with van der Waals surface area (Å²) < 4.78 is 0. The van der Waals surface area contributed by atoms with Gasteiger partial charge in [0.15, 0.2) is 0 Å². The molecule has 0 radical (unpaired) electrons. The highest BCUT2D eigenvalue weighted by molar-refractivity contribution is 6.21. The lowest BCUT2D eigenvalue weighted by molar-refractivity contribution is 0.385. The summed E-state index contributed by atoms with van der Waals surface area (Å²) in [5, 5.41) is 0.253. The van der Waals surface area contributed by atoms with Gasteiger partial charge in [-0.3, -0.25) is 11.3 Å². The van der Waals surface area contributed by atoms with E-state index in [2.05, 4.69) is 5.43 Å². The molecule has 0 amide bonds. The van der Waals surface area contributed by atoms with Crippen LogP contribution in [0.3, 0.4) is 0 Å². The molecule has 54 valence electrons. The molecule has 3 heteroatoms. The van der Waals surface area contributed by atoms with Gasteiger partial charge in [0.1, 0.15) is 0 Å². The van der Waals surface area contributed by atoms with E-state index in [-0.39, 0.29) is 5.38 Å². The number of hydrazine groups is 1. The Morgan fingerprint density at radius 3 is 2.44 bits per heavy atom. The highest BCUT2D eigenvalue weighted by Crippen LogP contribution is 2.21. The summed E-state index contributed by atoms with van der Waals surface area (Å²) in [6.45, 7) is 0. The van der Waals surface area contributed by atoms with Crippen molar-refractivity contribution >= 4 is 11.6 Å². The zero-order valence-electron chi connectivity index (χ0n) is 5.44. The van der Waals surface area contributed by atoms with E-state index in [1.807, 2.05) is 0 Å². The van der Waals surface area contributed by atoms with Crippen LogP contribution in [0.1, 0.15) is 25.7 Å². The van der Waals surface area contributed by atoms with Crippen LogP contribution in [0, 0.1) is 0 Å². The molecule has 0 spiro atoms. The fraction of sp³-hybridized carbons (Fsp3) is 1.00. The van der Waals surface area contributed by atoms with Crippen LogP contribution in [0.2, 0.25) is 0 Å². The fourth-order valence-electron chi connectivity index (χ4n) is 1.27. The van der Waals surface area contributed by atoms with Crippen molar-refractivity contribution in [1.82, 2.24) is 5.43 Å². The number of alkyl halides is 1. The highest BCUT2D eigenvalue weighted by Gasteiger charge is 2.20. The van der Waals surface area contributed by atoms with Crippen molar-refractivity contribution in [3.63, 3.8) is 0 Å². The molecule has 0 aromatic carbocycles. The van der Waals surface area contributed by atoms with E-state index in [0.29, 0.717) is 6.04 Å². The molecule has 2 nitrogen and oxygen atoms in total. The lowest BCUT2D eigenvalue weighted by atomic mass is 9.96. The monoisotopic (exact) mass is 148 g/mol. The molecular formula is C6H13ClN2. The van der Waals surface area contributed by atoms with Gasteiger partial charge in [0.2, 0.25) is 0 Å². The third-order valence-electron chi connectivity index (χ3n) is 1.90. The maximum absolute atomic E-state index is 5.94. The number of nitrogens with one attached hydrogen (secondary N) is 1. The first-order valence-corrected chi connectivity index (χ1v) is 3.88. The third kappa shape index (κ3) is 1.81. The van der Waals surface area contributed by atoms with E-state index in [1.54, 1.807) is 0 Å². The number of hydrogen-bond acceptors (Lipinski definition) is 2. The van der Waals surface area contributed by atoms with Crippen LogP contribution in [0.15, 0.2) is 0 Å². The van der Waals surface area contributed by atoms with Gasteiger partial charge in [0.25, 0.3) is 0 Å². The summed E-state index contributed by atoms with van der Waals surface area (Å²) >= 11 is 5.94. The second-order valence-electron chi connectivity index (χ2n) is 2.57. The molecule has 3 N–H and O–H groups in total. The maximum Gasteiger partial charge on any atom is 0.0502 e. The maximum atomic E-state index is 5.94. The average Bonchev–Trinajstić information content (AvgIpc) is 1.89. The summed E-state index contributed by atoms with van der Waals surface area (Å²) in [4.78, 5) is 0. The van der Waals surface area contributed by atoms with Gasteiger partial charge in [-0.2, -0.15) is 0 Å². The summed E-state index contributed by atoms with van der Waals surface area (Å²) in [7, 11) is 0. The predicted octanol–water partition coefficient (Wildman–Crippen LogP) is 1.000. The van der Waals surface area contributed by atoms with Crippen LogP contribution in [0.4, 0.5) is 0 Å². The van der Waals surface area contributed by atoms with Crippen molar-refractivity contribution in [1.29, 1.82) is 0 Å². The summed E-state index contributed by atoms with van der Waals surface area (Å²) in [5.41, 5.74) is 2.72. The minimum absolute atomic E-state index is 0.253. The molecule has 1 saturated carbocycles. The molecule has 0 bridgehead atoms. The van der Waals surface area contributed by atoms with Crippen LogP contribution in [-0.4, -0.2) is 11.4 Å². The second kappa shape index (κ2) is 3.40. The average molecular weight is 149 g/mol.